The molecule has 1 saturated carbocycles. The third-order valence-electron chi connectivity index (χ3n) is 6.90. The fourth-order valence-corrected chi connectivity index (χ4v) is 5.02. The zero-order valence-corrected chi connectivity index (χ0v) is 20.0. The molecule has 0 radical (unpaired) electrons. The smallest absolute Gasteiger partial charge is 0.255 e. The third-order valence-corrected chi connectivity index (χ3v) is 6.90. The van der Waals surface area contributed by atoms with Crippen molar-refractivity contribution in [3.63, 3.8) is 0 Å². The van der Waals surface area contributed by atoms with Crippen LogP contribution in [0.5, 0.6) is 0 Å². The Morgan fingerprint density at radius 1 is 0.914 bits per heavy atom. The van der Waals surface area contributed by atoms with E-state index in [0.717, 1.165) is 35.5 Å². The largest absolute Gasteiger partial charge is 0.366 e. The molecule has 1 fully saturated rings. The fourth-order valence-electron chi connectivity index (χ4n) is 5.02. The Bertz CT molecular complexity index is 1290. The average molecular weight is 468 g/mol. The van der Waals surface area contributed by atoms with E-state index in [1.807, 2.05) is 48.7 Å². The fraction of sp³-hybridized carbons (Fsp3) is 0.310. The van der Waals surface area contributed by atoms with Crippen molar-refractivity contribution in [2.75, 3.05) is 5.32 Å². The number of fused-ring (bicyclic) bond motifs is 1. The Hall–Kier alpha value is -3.64. The van der Waals surface area contributed by atoms with Crippen LogP contribution >= 0.6 is 0 Å². The molecule has 35 heavy (non-hydrogen) atoms. The number of nitrogens with zero attached hydrogens (tertiary/aromatic N) is 2. The summed E-state index contributed by atoms with van der Waals surface area (Å²) in [6, 6.07) is 22.2. The minimum atomic E-state index is -0.122. The summed E-state index contributed by atoms with van der Waals surface area (Å²) in [7, 11) is 0. The van der Waals surface area contributed by atoms with Crippen molar-refractivity contribution in [3.8, 4) is 0 Å². The summed E-state index contributed by atoms with van der Waals surface area (Å²) >= 11 is 0. The van der Waals surface area contributed by atoms with Crippen LogP contribution in [0, 0.1) is 0 Å². The number of pyridine rings is 1. The van der Waals surface area contributed by atoms with E-state index in [1.165, 1.54) is 24.8 Å². The number of hydrogen-bond donors (Lipinski definition) is 3. The summed E-state index contributed by atoms with van der Waals surface area (Å²) in [5.41, 5.74) is 11.4. The normalized spacial score (nSPS) is 14.2. The minimum Gasteiger partial charge on any atom is -0.366 e. The van der Waals surface area contributed by atoms with Crippen LogP contribution < -0.4 is 16.4 Å². The zero-order chi connectivity index (χ0) is 24.0. The van der Waals surface area contributed by atoms with Crippen LogP contribution in [0.1, 0.15) is 70.8 Å². The molecule has 180 valence electrons. The summed E-state index contributed by atoms with van der Waals surface area (Å²) in [6.45, 7) is 1.64. The quantitative estimate of drug-likeness (QED) is 0.325. The molecule has 0 spiro atoms. The lowest BCUT2D eigenvalue weighted by Crippen LogP contribution is -2.23. The Labute approximate surface area is 206 Å². The number of nitrogens with one attached hydrogen (secondary N) is 2. The summed E-state index contributed by atoms with van der Waals surface area (Å²) in [4.78, 5) is 18.3. The van der Waals surface area contributed by atoms with Crippen LogP contribution in [0.25, 0.3) is 5.65 Å². The van der Waals surface area contributed by atoms with Gasteiger partial charge in [0.2, 0.25) is 0 Å². The zero-order valence-electron chi connectivity index (χ0n) is 20.0. The second-order valence-electron chi connectivity index (χ2n) is 9.34. The van der Waals surface area contributed by atoms with Gasteiger partial charge in [-0.1, -0.05) is 73.9 Å². The molecule has 0 aliphatic heterocycles. The maximum atomic E-state index is 13.3. The molecule has 1 aliphatic rings. The number of carbonyl (C=O) groups excluding carboxylic acids is 1. The number of hydrogen-bond acceptors (Lipinski definition) is 4. The maximum Gasteiger partial charge on any atom is 0.255 e. The number of amides is 1. The van der Waals surface area contributed by atoms with Crippen LogP contribution in [0.15, 0.2) is 72.9 Å². The molecule has 0 bridgehead atoms. The van der Waals surface area contributed by atoms with Crippen molar-refractivity contribution >= 4 is 17.4 Å². The van der Waals surface area contributed by atoms with Gasteiger partial charge >= 0.3 is 0 Å². The van der Waals surface area contributed by atoms with Gasteiger partial charge in [0.1, 0.15) is 5.82 Å². The van der Waals surface area contributed by atoms with Crippen molar-refractivity contribution in [3.05, 3.63) is 101 Å². The average Bonchev–Trinajstić information content (AvgIpc) is 3.30. The van der Waals surface area contributed by atoms with E-state index < -0.39 is 0 Å². The third kappa shape index (κ3) is 5.23. The van der Waals surface area contributed by atoms with Crippen molar-refractivity contribution in [2.45, 2.75) is 57.7 Å². The van der Waals surface area contributed by atoms with Gasteiger partial charge in [0.25, 0.3) is 5.91 Å². The molecular formula is C29H33N5O. The molecule has 5 rings (SSSR count). The summed E-state index contributed by atoms with van der Waals surface area (Å²) in [6.07, 6.45) is 8.03. The molecule has 4 N–H and O–H groups in total. The molecule has 6 heteroatoms. The monoisotopic (exact) mass is 467 g/mol. The first kappa shape index (κ1) is 23.1. The maximum absolute atomic E-state index is 13.3. The molecule has 0 unspecified atom stereocenters. The second kappa shape index (κ2) is 10.7. The highest BCUT2D eigenvalue weighted by Crippen LogP contribution is 2.37. The van der Waals surface area contributed by atoms with E-state index in [-0.39, 0.29) is 5.91 Å². The Morgan fingerprint density at radius 3 is 2.49 bits per heavy atom. The minimum absolute atomic E-state index is 0.122. The second-order valence-corrected chi connectivity index (χ2v) is 9.34. The van der Waals surface area contributed by atoms with Gasteiger partial charge in [-0.05, 0) is 41.7 Å². The van der Waals surface area contributed by atoms with E-state index >= 15 is 0 Å². The molecule has 2 aromatic carbocycles. The predicted molar refractivity (Wildman–Crippen MR) is 140 cm³/mol. The van der Waals surface area contributed by atoms with Gasteiger partial charge in [0.15, 0.2) is 5.65 Å². The van der Waals surface area contributed by atoms with Crippen molar-refractivity contribution in [1.82, 2.24) is 14.7 Å². The number of nitrogens with two attached hydrogens (primary N) is 1. The molecular weight excluding hydrogens is 434 g/mol. The summed E-state index contributed by atoms with van der Waals surface area (Å²) in [5.74, 6) is 1.29. The lowest BCUT2D eigenvalue weighted by molar-refractivity contribution is 0.0952. The topological polar surface area (TPSA) is 84.5 Å². The van der Waals surface area contributed by atoms with Gasteiger partial charge in [-0.25, -0.2) is 4.98 Å². The first-order valence-corrected chi connectivity index (χ1v) is 12.6. The molecule has 4 aromatic rings. The van der Waals surface area contributed by atoms with E-state index in [4.69, 9.17) is 10.7 Å². The molecule has 2 aromatic heterocycles. The van der Waals surface area contributed by atoms with Crippen LogP contribution in [0.3, 0.4) is 0 Å². The first-order valence-electron chi connectivity index (χ1n) is 12.6. The van der Waals surface area contributed by atoms with Gasteiger partial charge in [-0.2, -0.15) is 0 Å². The number of anilines is 1. The van der Waals surface area contributed by atoms with E-state index in [2.05, 4.69) is 39.3 Å². The highest BCUT2D eigenvalue weighted by molar-refractivity contribution is 6.00. The van der Waals surface area contributed by atoms with Gasteiger partial charge < -0.3 is 16.4 Å². The molecule has 1 aliphatic carbocycles. The lowest BCUT2D eigenvalue weighted by Gasteiger charge is -2.21. The molecule has 6 nitrogen and oxygen atoms in total. The summed E-state index contributed by atoms with van der Waals surface area (Å²) < 4.78 is 2.05. The van der Waals surface area contributed by atoms with Gasteiger partial charge in [0, 0.05) is 31.7 Å². The molecule has 2 heterocycles. The number of aromatic nitrogens is 2. The lowest BCUT2D eigenvalue weighted by atomic mass is 9.87. The standard InChI is InChI=1S/C29H33N5O/c30-18-22-11-7-12-23(17-22)20-32-29(35)25-15-8-16-34-27(25)33-26(24-13-5-2-6-14-24)28(34)31-19-21-9-3-1-4-10-21/h1,3-4,7-12,15-17,24,31H,2,5-6,13-14,18-20,30H2,(H,32,35). The van der Waals surface area contributed by atoms with E-state index in [9.17, 15) is 4.79 Å². The van der Waals surface area contributed by atoms with Crippen LogP contribution in [0.2, 0.25) is 0 Å². The summed E-state index contributed by atoms with van der Waals surface area (Å²) in [5, 5.41) is 6.71. The van der Waals surface area contributed by atoms with Crippen molar-refractivity contribution in [1.29, 1.82) is 0 Å². The van der Waals surface area contributed by atoms with Crippen LogP contribution in [0.4, 0.5) is 5.82 Å². The molecule has 0 atom stereocenters. The van der Waals surface area contributed by atoms with E-state index in [0.29, 0.717) is 36.8 Å². The first-order chi connectivity index (χ1) is 17.2. The Morgan fingerprint density at radius 2 is 1.69 bits per heavy atom. The van der Waals surface area contributed by atoms with Crippen molar-refractivity contribution < 1.29 is 4.79 Å². The van der Waals surface area contributed by atoms with Gasteiger partial charge in [-0.3, -0.25) is 9.20 Å². The predicted octanol–water partition coefficient (Wildman–Crippen LogP) is 5.38. The molecule has 1 amide bonds. The number of imidazole rings is 1. The highest BCUT2D eigenvalue weighted by Gasteiger charge is 2.25. The van der Waals surface area contributed by atoms with Crippen LogP contribution in [-0.4, -0.2) is 15.3 Å². The SMILES string of the molecule is NCc1cccc(CNC(=O)c2cccn3c(NCc4ccccc4)c(C4CCCCC4)nc23)c1. The van der Waals surface area contributed by atoms with E-state index in [1.54, 1.807) is 0 Å². The van der Waals surface area contributed by atoms with Crippen molar-refractivity contribution in [2.24, 2.45) is 5.73 Å². The number of rotatable bonds is 8. The molecule has 0 saturated heterocycles. The number of carbonyl (C=O) groups is 1. The van der Waals surface area contributed by atoms with Crippen LogP contribution in [-0.2, 0) is 19.6 Å². The number of benzene rings is 2. The Balaban J connectivity index is 1.44. The van der Waals surface area contributed by atoms with Gasteiger partial charge in [-0.15, -0.1) is 0 Å². The van der Waals surface area contributed by atoms with Gasteiger partial charge in [0.05, 0.1) is 11.3 Å². The highest BCUT2D eigenvalue weighted by atomic mass is 16.1. The Kier molecular flexibility index (Phi) is 7.09.